The monoisotopic (exact) mass is 451 g/mol. The van der Waals surface area contributed by atoms with Crippen molar-refractivity contribution >= 4 is 24.0 Å². The number of rotatable bonds is 15. The van der Waals surface area contributed by atoms with Crippen molar-refractivity contribution in [3.63, 3.8) is 0 Å². The quantitative estimate of drug-likeness (QED) is 0.252. The van der Waals surface area contributed by atoms with Crippen LogP contribution in [0, 0.1) is 0 Å². The number of nitrogens with zero attached hydrogens (tertiary/aromatic N) is 1. The van der Waals surface area contributed by atoms with Crippen LogP contribution in [0.25, 0.3) is 11.1 Å². The SMILES string of the molecule is CCN(CC)CCCCCCCCCCOc1ccc(Cl)cc1-c1ccccc1.Cl. The van der Waals surface area contributed by atoms with Gasteiger partial charge < -0.3 is 9.64 Å². The van der Waals surface area contributed by atoms with Gasteiger partial charge in [-0.1, -0.05) is 94.3 Å². The Bertz CT molecular complexity index is 674. The van der Waals surface area contributed by atoms with Gasteiger partial charge in [0.15, 0.2) is 0 Å². The van der Waals surface area contributed by atoms with Crippen LogP contribution < -0.4 is 4.74 Å². The summed E-state index contributed by atoms with van der Waals surface area (Å²) in [5.41, 5.74) is 2.22. The van der Waals surface area contributed by atoms with Crippen LogP contribution in [-0.2, 0) is 0 Å². The average Bonchev–Trinajstić information content (AvgIpc) is 2.76. The number of halogens is 2. The van der Waals surface area contributed by atoms with Crippen LogP contribution in [0.1, 0.15) is 65.2 Å². The third-order valence-corrected chi connectivity index (χ3v) is 5.78. The van der Waals surface area contributed by atoms with Gasteiger partial charge in [-0.2, -0.15) is 0 Å². The molecule has 0 unspecified atom stereocenters. The molecule has 0 aliphatic heterocycles. The van der Waals surface area contributed by atoms with E-state index >= 15 is 0 Å². The third-order valence-electron chi connectivity index (χ3n) is 5.55. The van der Waals surface area contributed by atoms with Crippen molar-refractivity contribution in [3.8, 4) is 16.9 Å². The van der Waals surface area contributed by atoms with E-state index < -0.39 is 0 Å². The van der Waals surface area contributed by atoms with E-state index in [1.54, 1.807) is 0 Å². The van der Waals surface area contributed by atoms with Crippen LogP contribution in [0.4, 0.5) is 0 Å². The van der Waals surface area contributed by atoms with Gasteiger partial charge >= 0.3 is 0 Å². The molecule has 2 aromatic carbocycles. The fourth-order valence-corrected chi connectivity index (χ4v) is 3.86. The lowest BCUT2D eigenvalue weighted by Gasteiger charge is -2.17. The van der Waals surface area contributed by atoms with E-state index in [2.05, 4.69) is 30.9 Å². The van der Waals surface area contributed by atoms with Gasteiger partial charge in [-0.25, -0.2) is 0 Å². The maximum absolute atomic E-state index is 6.20. The Morgan fingerprint density at radius 1 is 0.767 bits per heavy atom. The molecule has 0 bridgehead atoms. The predicted molar refractivity (Wildman–Crippen MR) is 134 cm³/mol. The van der Waals surface area contributed by atoms with Gasteiger partial charge in [-0.3, -0.25) is 0 Å². The molecule has 0 radical (unpaired) electrons. The summed E-state index contributed by atoms with van der Waals surface area (Å²) in [6.07, 6.45) is 10.5. The summed E-state index contributed by atoms with van der Waals surface area (Å²) < 4.78 is 6.09. The van der Waals surface area contributed by atoms with E-state index in [0.29, 0.717) is 0 Å². The number of hydrogen-bond donors (Lipinski definition) is 0. The first kappa shape index (κ1) is 26.8. The van der Waals surface area contributed by atoms with Gasteiger partial charge in [0.1, 0.15) is 5.75 Å². The number of benzene rings is 2. The van der Waals surface area contributed by atoms with Crippen LogP contribution in [0.2, 0.25) is 5.02 Å². The molecule has 0 fully saturated rings. The lowest BCUT2D eigenvalue weighted by molar-refractivity contribution is 0.294. The Hall–Kier alpha value is -1.22. The van der Waals surface area contributed by atoms with Gasteiger partial charge in [0.05, 0.1) is 6.61 Å². The van der Waals surface area contributed by atoms with Crippen molar-refractivity contribution in [2.24, 2.45) is 0 Å². The molecule has 0 aliphatic carbocycles. The van der Waals surface area contributed by atoms with Crippen LogP contribution in [0.5, 0.6) is 5.75 Å². The van der Waals surface area contributed by atoms with Crippen molar-refractivity contribution in [2.45, 2.75) is 65.2 Å². The third kappa shape index (κ3) is 10.2. The molecule has 2 nitrogen and oxygen atoms in total. The normalized spacial score (nSPS) is 10.8. The summed E-state index contributed by atoms with van der Waals surface area (Å²) >= 11 is 6.20. The minimum Gasteiger partial charge on any atom is -0.493 e. The zero-order chi connectivity index (χ0) is 20.7. The zero-order valence-electron chi connectivity index (χ0n) is 18.7. The fourth-order valence-electron chi connectivity index (χ4n) is 3.69. The van der Waals surface area contributed by atoms with E-state index in [-0.39, 0.29) is 12.4 Å². The van der Waals surface area contributed by atoms with E-state index in [4.69, 9.17) is 16.3 Å². The topological polar surface area (TPSA) is 12.5 Å². The Morgan fingerprint density at radius 2 is 1.37 bits per heavy atom. The molecule has 4 heteroatoms. The maximum atomic E-state index is 6.20. The summed E-state index contributed by atoms with van der Waals surface area (Å²) in [6.45, 7) is 8.90. The first-order valence-corrected chi connectivity index (χ1v) is 11.8. The smallest absolute Gasteiger partial charge is 0.127 e. The maximum Gasteiger partial charge on any atom is 0.127 e. The Kier molecular flexibility index (Phi) is 14.7. The van der Waals surface area contributed by atoms with Gasteiger partial charge in [-0.15, -0.1) is 12.4 Å². The summed E-state index contributed by atoms with van der Waals surface area (Å²) in [7, 11) is 0. The van der Waals surface area contributed by atoms with Crippen LogP contribution in [0.15, 0.2) is 48.5 Å². The highest BCUT2D eigenvalue weighted by molar-refractivity contribution is 6.31. The average molecular weight is 453 g/mol. The summed E-state index contributed by atoms with van der Waals surface area (Å²) in [5.74, 6) is 0.925. The van der Waals surface area contributed by atoms with Crippen molar-refractivity contribution in [1.29, 1.82) is 0 Å². The standard InChI is InChI=1S/C26H38ClNO.ClH/c1-3-28(4-2)20-14-9-7-5-6-8-10-15-21-29-26-19-18-24(27)22-25(26)23-16-12-11-13-17-23;/h11-13,16-19,22H,3-10,14-15,20-21H2,1-2H3;1H. The second kappa shape index (κ2) is 16.5. The molecule has 0 atom stereocenters. The Morgan fingerprint density at radius 3 is 2.00 bits per heavy atom. The largest absolute Gasteiger partial charge is 0.493 e. The molecule has 30 heavy (non-hydrogen) atoms. The van der Waals surface area contributed by atoms with Crippen LogP contribution in [0.3, 0.4) is 0 Å². The number of unbranched alkanes of at least 4 members (excludes halogenated alkanes) is 7. The van der Waals surface area contributed by atoms with Crippen LogP contribution in [-0.4, -0.2) is 31.1 Å². The van der Waals surface area contributed by atoms with E-state index in [9.17, 15) is 0 Å². The van der Waals surface area contributed by atoms with E-state index in [1.807, 2.05) is 36.4 Å². The molecule has 0 amide bonds. The molecule has 0 saturated heterocycles. The van der Waals surface area contributed by atoms with Crippen molar-refractivity contribution in [1.82, 2.24) is 4.90 Å². The van der Waals surface area contributed by atoms with E-state index in [0.717, 1.165) is 34.9 Å². The molecule has 0 saturated carbocycles. The molecule has 0 aliphatic rings. The lowest BCUT2D eigenvalue weighted by Crippen LogP contribution is -2.23. The highest BCUT2D eigenvalue weighted by Crippen LogP contribution is 2.32. The molecule has 2 rings (SSSR count). The summed E-state index contributed by atoms with van der Waals surface area (Å²) in [6, 6.07) is 16.2. The van der Waals surface area contributed by atoms with Crippen molar-refractivity contribution < 1.29 is 4.74 Å². The van der Waals surface area contributed by atoms with E-state index in [1.165, 1.54) is 64.6 Å². The first-order valence-electron chi connectivity index (χ1n) is 11.4. The van der Waals surface area contributed by atoms with Crippen LogP contribution >= 0.6 is 24.0 Å². The second-order valence-electron chi connectivity index (χ2n) is 7.71. The molecule has 0 heterocycles. The highest BCUT2D eigenvalue weighted by Gasteiger charge is 2.07. The number of hydrogen-bond acceptors (Lipinski definition) is 2. The molecular formula is C26H39Cl2NO. The van der Waals surface area contributed by atoms with Gasteiger partial charge in [0.25, 0.3) is 0 Å². The van der Waals surface area contributed by atoms with Gasteiger partial charge in [0, 0.05) is 10.6 Å². The first-order chi connectivity index (χ1) is 14.2. The minimum atomic E-state index is 0. The Balaban J connectivity index is 0.00000450. The Labute approximate surface area is 195 Å². The molecule has 0 spiro atoms. The fraction of sp³-hybridized carbons (Fsp3) is 0.538. The second-order valence-corrected chi connectivity index (χ2v) is 8.15. The number of ether oxygens (including phenoxy) is 1. The lowest BCUT2D eigenvalue weighted by atomic mass is 10.0. The highest BCUT2D eigenvalue weighted by atomic mass is 35.5. The minimum absolute atomic E-state index is 0. The molecule has 0 aromatic heterocycles. The molecular weight excluding hydrogens is 413 g/mol. The predicted octanol–water partition coefficient (Wildman–Crippen LogP) is 8.27. The summed E-state index contributed by atoms with van der Waals surface area (Å²) in [5, 5.41) is 0.744. The van der Waals surface area contributed by atoms with Crippen molar-refractivity contribution in [3.05, 3.63) is 53.6 Å². The molecule has 168 valence electrons. The van der Waals surface area contributed by atoms with Gasteiger partial charge in [0.2, 0.25) is 0 Å². The molecule has 0 N–H and O–H groups in total. The zero-order valence-corrected chi connectivity index (χ0v) is 20.3. The van der Waals surface area contributed by atoms with Gasteiger partial charge in [-0.05, 0) is 56.2 Å². The molecule has 2 aromatic rings. The van der Waals surface area contributed by atoms with Crippen molar-refractivity contribution in [2.75, 3.05) is 26.2 Å². The summed E-state index contributed by atoms with van der Waals surface area (Å²) in [4.78, 5) is 2.52.